The molecule has 0 unspecified atom stereocenters. The molecule has 13 nitrogen and oxygen atoms in total. The minimum Gasteiger partial charge on any atom is -0.494 e. The maximum atomic E-state index is 13.6. The smallest absolute Gasteiger partial charge is 0.231 e. The van der Waals surface area contributed by atoms with Crippen molar-refractivity contribution in [1.29, 1.82) is 0 Å². The molecule has 1 aliphatic rings. The van der Waals surface area contributed by atoms with E-state index in [1.807, 2.05) is 31.6 Å². The highest BCUT2D eigenvalue weighted by molar-refractivity contribution is 7.71. The van der Waals surface area contributed by atoms with E-state index in [2.05, 4.69) is 59.7 Å². The predicted octanol–water partition coefficient (Wildman–Crippen LogP) is 5.45. The van der Waals surface area contributed by atoms with Crippen LogP contribution in [0.4, 0.5) is 28.8 Å². The molecule has 0 amide bonds. The number of anilines is 5. The van der Waals surface area contributed by atoms with Gasteiger partial charge < -0.3 is 34.7 Å². The predicted molar refractivity (Wildman–Crippen MR) is 189 cm³/mol. The summed E-state index contributed by atoms with van der Waals surface area (Å²) >= 11 is 6.64. The summed E-state index contributed by atoms with van der Waals surface area (Å²) < 4.78 is 21.3. The van der Waals surface area contributed by atoms with Gasteiger partial charge in [-0.3, -0.25) is 14.6 Å². The van der Waals surface area contributed by atoms with Gasteiger partial charge in [-0.1, -0.05) is 11.6 Å². The molecule has 0 aliphatic carbocycles. The lowest BCUT2D eigenvalue weighted by molar-refractivity contribution is 0.313. The summed E-state index contributed by atoms with van der Waals surface area (Å²) in [6.07, 6.45) is 8.75. The van der Waals surface area contributed by atoms with Gasteiger partial charge in [0.15, 0.2) is 0 Å². The summed E-state index contributed by atoms with van der Waals surface area (Å²) in [5, 5.41) is 12.9. The van der Waals surface area contributed by atoms with Gasteiger partial charge in [0, 0.05) is 80.9 Å². The first-order valence-electron chi connectivity index (χ1n) is 15.1. The van der Waals surface area contributed by atoms with E-state index in [4.69, 9.17) is 26.3 Å². The third-order valence-electron chi connectivity index (χ3n) is 8.31. The maximum Gasteiger partial charge on any atom is 0.231 e. The van der Waals surface area contributed by atoms with Gasteiger partial charge in [0.25, 0.3) is 0 Å². The number of ether oxygens (including phenoxy) is 1. The first-order valence-corrected chi connectivity index (χ1v) is 18.1. The fourth-order valence-corrected chi connectivity index (χ4v) is 7.62. The number of nitrogens with zero attached hydrogens (tertiary/aromatic N) is 8. The minimum absolute atomic E-state index is 0.305. The lowest BCUT2D eigenvalue weighted by atomic mass is 10.0. The molecular formula is C32H35ClN11O2P. The van der Waals surface area contributed by atoms with Gasteiger partial charge in [-0.15, -0.1) is 0 Å². The molecule has 2 aromatic carbocycles. The van der Waals surface area contributed by atoms with Crippen LogP contribution >= 0.6 is 18.7 Å². The van der Waals surface area contributed by atoms with Crippen LogP contribution in [0.3, 0.4) is 0 Å². The molecule has 0 saturated carbocycles. The zero-order valence-corrected chi connectivity index (χ0v) is 28.4. The Balaban J connectivity index is 1.33. The number of aryl methyl sites for hydroxylation is 1. The van der Waals surface area contributed by atoms with Crippen molar-refractivity contribution in [3.63, 3.8) is 0 Å². The van der Waals surface area contributed by atoms with E-state index in [1.54, 1.807) is 43.7 Å². The Morgan fingerprint density at radius 1 is 1.00 bits per heavy atom. The van der Waals surface area contributed by atoms with E-state index in [0.717, 1.165) is 43.0 Å². The standard InChI is InChI=1S/C32H35ClN11O2P/c1-42-10-12-44(13-11-42)25-15-26(46-3)24(14-20(25)19-16-37-43(2)18-19)39-32-40-30-27(21(33)17-36-30)31(41-32)38-23-7-6-22-28(35-9-8-34-22)29(23)47(4,5)45/h6-9,14-18H,10-13H2,1-5H3,(H3,36,38,39,40,41). The fraction of sp³-hybridized carbons (Fsp3) is 0.281. The molecule has 1 saturated heterocycles. The van der Waals surface area contributed by atoms with Crippen LogP contribution in [0, 0.1) is 0 Å². The van der Waals surface area contributed by atoms with Crippen molar-refractivity contribution >= 4 is 74.9 Å². The number of piperazine rings is 1. The fourth-order valence-electron chi connectivity index (χ4n) is 5.99. The van der Waals surface area contributed by atoms with Crippen molar-refractivity contribution in [2.24, 2.45) is 7.05 Å². The molecule has 4 aromatic heterocycles. The van der Waals surface area contributed by atoms with Gasteiger partial charge in [0.05, 0.1) is 45.9 Å². The number of aromatic nitrogens is 7. The number of hydrogen-bond donors (Lipinski definition) is 3. The summed E-state index contributed by atoms with van der Waals surface area (Å²) in [5.74, 6) is 1.38. The van der Waals surface area contributed by atoms with Crippen LogP contribution in [0.5, 0.6) is 5.75 Å². The second kappa shape index (κ2) is 12.1. The van der Waals surface area contributed by atoms with Gasteiger partial charge in [-0.25, -0.2) is 0 Å². The van der Waals surface area contributed by atoms with Crippen molar-refractivity contribution < 1.29 is 9.30 Å². The monoisotopic (exact) mass is 671 g/mol. The molecule has 0 radical (unpaired) electrons. The van der Waals surface area contributed by atoms with Gasteiger partial charge >= 0.3 is 0 Å². The molecular weight excluding hydrogens is 637 g/mol. The number of aromatic amines is 1. The van der Waals surface area contributed by atoms with E-state index in [9.17, 15) is 4.57 Å². The lowest BCUT2D eigenvalue weighted by Gasteiger charge is -2.35. The Kier molecular flexibility index (Phi) is 7.99. The topological polar surface area (TPSA) is 142 Å². The molecule has 1 aliphatic heterocycles. The summed E-state index contributed by atoms with van der Waals surface area (Å²) in [4.78, 5) is 26.4. The average molecular weight is 672 g/mol. The van der Waals surface area contributed by atoms with Crippen LogP contribution in [0.25, 0.3) is 33.2 Å². The van der Waals surface area contributed by atoms with E-state index < -0.39 is 7.14 Å². The molecule has 15 heteroatoms. The molecule has 242 valence electrons. The Morgan fingerprint density at radius 2 is 1.79 bits per heavy atom. The van der Waals surface area contributed by atoms with Crippen molar-refractivity contribution in [3.8, 4) is 16.9 Å². The van der Waals surface area contributed by atoms with Crippen molar-refractivity contribution in [3.05, 3.63) is 60.3 Å². The Morgan fingerprint density at radius 3 is 2.51 bits per heavy atom. The highest BCUT2D eigenvalue weighted by Crippen LogP contribution is 2.43. The summed E-state index contributed by atoms with van der Waals surface area (Å²) in [5.41, 5.74) is 6.09. The zero-order valence-electron chi connectivity index (χ0n) is 26.7. The molecule has 0 bridgehead atoms. The number of H-pyrrole nitrogens is 1. The number of fused-ring (bicyclic) bond motifs is 2. The first-order chi connectivity index (χ1) is 22.6. The zero-order chi connectivity index (χ0) is 32.9. The number of nitrogens with one attached hydrogen (secondary N) is 3. The highest BCUT2D eigenvalue weighted by Gasteiger charge is 2.25. The first kappa shape index (κ1) is 30.9. The maximum absolute atomic E-state index is 13.6. The van der Waals surface area contributed by atoms with Crippen LogP contribution in [-0.2, 0) is 11.6 Å². The molecule has 7 rings (SSSR count). The molecule has 6 aromatic rings. The van der Waals surface area contributed by atoms with Crippen LogP contribution in [0.15, 0.2) is 55.2 Å². The highest BCUT2D eigenvalue weighted by atomic mass is 35.5. The van der Waals surface area contributed by atoms with E-state index in [-0.39, 0.29) is 0 Å². The van der Waals surface area contributed by atoms with Crippen molar-refractivity contribution in [1.82, 2.24) is 39.6 Å². The van der Waals surface area contributed by atoms with Crippen LogP contribution < -0.4 is 25.6 Å². The Labute approximate surface area is 276 Å². The average Bonchev–Trinajstić information content (AvgIpc) is 3.65. The van der Waals surface area contributed by atoms with Gasteiger partial charge in [-0.2, -0.15) is 15.1 Å². The molecule has 5 heterocycles. The number of methoxy groups -OCH3 is 1. The van der Waals surface area contributed by atoms with Crippen molar-refractivity contribution in [2.45, 2.75) is 0 Å². The van der Waals surface area contributed by atoms with E-state index in [1.165, 1.54) is 0 Å². The second-order valence-corrected chi connectivity index (χ2v) is 15.6. The summed E-state index contributed by atoms with van der Waals surface area (Å²) in [7, 11) is 2.88. The van der Waals surface area contributed by atoms with Crippen molar-refractivity contribution in [2.75, 3.05) is 69.2 Å². The number of rotatable bonds is 8. The number of likely N-dealkylation sites (N-methyl/N-ethyl adjacent to an activating group) is 1. The van der Waals surface area contributed by atoms with Gasteiger partial charge in [0.2, 0.25) is 5.95 Å². The van der Waals surface area contributed by atoms with E-state index >= 15 is 0 Å². The van der Waals surface area contributed by atoms with Crippen LogP contribution in [0.2, 0.25) is 5.02 Å². The van der Waals surface area contributed by atoms with Gasteiger partial charge in [0.1, 0.15) is 29.9 Å². The third-order valence-corrected chi connectivity index (χ3v) is 10.1. The number of benzene rings is 2. The third kappa shape index (κ3) is 5.97. The Hall–Kier alpha value is -4.71. The Bertz CT molecular complexity index is 2170. The quantitative estimate of drug-likeness (QED) is 0.178. The minimum atomic E-state index is -2.82. The normalized spacial score (nSPS) is 14.2. The number of hydrogen-bond acceptors (Lipinski definition) is 11. The van der Waals surface area contributed by atoms with E-state index in [0.29, 0.717) is 61.3 Å². The number of halogens is 1. The summed E-state index contributed by atoms with van der Waals surface area (Å²) in [6.45, 7) is 7.15. The van der Waals surface area contributed by atoms with Gasteiger partial charge in [-0.05, 0) is 38.6 Å². The lowest BCUT2D eigenvalue weighted by Crippen LogP contribution is -2.44. The molecule has 0 atom stereocenters. The molecule has 3 N–H and O–H groups in total. The summed E-state index contributed by atoms with van der Waals surface area (Å²) in [6, 6.07) is 7.79. The second-order valence-electron chi connectivity index (χ2n) is 12.0. The van der Waals surface area contributed by atoms with Crippen LogP contribution in [0.1, 0.15) is 0 Å². The SMILES string of the molecule is COc1cc(N2CCN(C)CC2)c(-c2cnn(C)c2)cc1Nc1nc(Nc2ccc3nccnc3c2P(C)(C)=O)c2c(Cl)c[nH]c2n1. The largest absolute Gasteiger partial charge is 0.494 e. The molecule has 1 fully saturated rings. The molecule has 47 heavy (non-hydrogen) atoms. The van der Waals surface area contributed by atoms with Crippen LogP contribution in [-0.4, -0.2) is 93.3 Å². The molecule has 0 spiro atoms.